The van der Waals surface area contributed by atoms with Crippen LogP contribution in [-0.4, -0.2) is 168 Å². The van der Waals surface area contributed by atoms with E-state index in [4.69, 9.17) is 23.7 Å². The molecule has 0 aromatic heterocycles. The Morgan fingerprint density at radius 3 is 1.35 bits per heavy atom. The monoisotopic (exact) mass is 504 g/mol. The fraction of sp³-hybridized carbons (Fsp3) is 1.00. The van der Waals surface area contributed by atoms with Gasteiger partial charge in [0, 0.05) is 0 Å². The van der Waals surface area contributed by atoms with Crippen molar-refractivity contribution in [3.63, 3.8) is 0 Å². The summed E-state index contributed by atoms with van der Waals surface area (Å²) in [6.45, 7) is -2.32. The standard InChI is InChI=1S/C18H32O16/c19-1-4-7(22)8(23)12(27)17(31-4)34-15-6(3-21)32-18(13(28)10(15)25)33-14-5(2-20)30-16(29)11(26)9(14)24/h4-29H,1-3H2/t4?,5-,6?,7?,8?,9?,10?,11?,12?,13?,14?,15?,16+,17?,18?/m0/s1. The molecule has 200 valence electrons. The van der Waals surface area contributed by atoms with Gasteiger partial charge in [-0.2, -0.15) is 0 Å². The molecule has 3 aliphatic heterocycles. The van der Waals surface area contributed by atoms with E-state index in [1.807, 2.05) is 0 Å². The van der Waals surface area contributed by atoms with Crippen LogP contribution >= 0.6 is 0 Å². The van der Waals surface area contributed by atoms with Crippen LogP contribution in [-0.2, 0) is 23.7 Å². The lowest BCUT2D eigenvalue weighted by molar-refractivity contribution is -0.377. The lowest BCUT2D eigenvalue weighted by Gasteiger charge is -2.47. The zero-order valence-corrected chi connectivity index (χ0v) is 17.7. The fourth-order valence-corrected chi connectivity index (χ4v) is 4.06. The molecular formula is C18H32O16. The largest absolute Gasteiger partial charge is 0.394 e. The van der Waals surface area contributed by atoms with E-state index in [2.05, 4.69) is 0 Å². The van der Waals surface area contributed by atoms with Crippen LogP contribution in [0, 0.1) is 0 Å². The van der Waals surface area contributed by atoms with Gasteiger partial charge in [0.15, 0.2) is 18.9 Å². The zero-order chi connectivity index (χ0) is 25.3. The van der Waals surface area contributed by atoms with Crippen molar-refractivity contribution >= 4 is 0 Å². The Labute approximate surface area is 192 Å². The van der Waals surface area contributed by atoms with Gasteiger partial charge in [-0.3, -0.25) is 0 Å². The van der Waals surface area contributed by atoms with Crippen molar-refractivity contribution in [1.82, 2.24) is 0 Å². The predicted molar refractivity (Wildman–Crippen MR) is 101 cm³/mol. The van der Waals surface area contributed by atoms with Crippen LogP contribution in [0.1, 0.15) is 0 Å². The summed E-state index contributed by atoms with van der Waals surface area (Å²) in [5, 5.41) is 109. The summed E-state index contributed by atoms with van der Waals surface area (Å²) in [6, 6.07) is 0. The first-order chi connectivity index (χ1) is 16.0. The summed E-state index contributed by atoms with van der Waals surface area (Å²) >= 11 is 0. The van der Waals surface area contributed by atoms with Crippen LogP contribution < -0.4 is 0 Å². The number of rotatable bonds is 7. The minimum absolute atomic E-state index is 0.741. The molecule has 34 heavy (non-hydrogen) atoms. The quantitative estimate of drug-likeness (QED) is 0.154. The summed E-state index contributed by atoms with van der Waals surface area (Å²) in [5.41, 5.74) is 0. The highest BCUT2D eigenvalue weighted by Crippen LogP contribution is 2.32. The van der Waals surface area contributed by atoms with E-state index in [9.17, 15) is 56.2 Å². The van der Waals surface area contributed by atoms with Crippen LogP contribution in [0.5, 0.6) is 0 Å². The molecule has 0 saturated carbocycles. The smallest absolute Gasteiger partial charge is 0.187 e. The fourth-order valence-electron chi connectivity index (χ4n) is 4.06. The maximum absolute atomic E-state index is 10.6. The number of hydrogen-bond acceptors (Lipinski definition) is 16. The van der Waals surface area contributed by atoms with Crippen molar-refractivity contribution in [1.29, 1.82) is 0 Å². The number of aliphatic hydroxyl groups excluding tert-OH is 11. The van der Waals surface area contributed by atoms with Gasteiger partial charge in [-0.25, -0.2) is 0 Å². The molecule has 15 atom stereocenters. The van der Waals surface area contributed by atoms with Crippen molar-refractivity contribution in [3.8, 4) is 0 Å². The van der Waals surface area contributed by atoms with Gasteiger partial charge in [0.25, 0.3) is 0 Å². The van der Waals surface area contributed by atoms with Gasteiger partial charge in [-0.05, 0) is 0 Å². The SMILES string of the molecule is OCC1OC(OC2C(CO)OC(OC3C(O)C(O)[C@H](O)O[C@H]3CO)C(O)C2O)C(O)C(O)C1O. The van der Waals surface area contributed by atoms with Gasteiger partial charge in [-0.15, -0.1) is 0 Å². The molecule has 3 rings (SSSR count). The van der Waals surface area contributed by atoms with Crippen LogP contribution in [0.25, 0.3) is 0 Å². The maximum Gasteiger partial charge on any atom is 0.187 e. The van der Waals surface area contributed by atoms with Gasteiger partial charge in [-0.1, -0.05) is 0 Å². The van der Waals surface area contributed by atoms with Gasteiger partial charge >= 0.3 is 0 Å². The van der Waals surface area contributed by atoms with E-state index < -0.39 is 112 Å². The molecule has 13 unspecified atom stereocenters. The van der Waals surface area contributed by atoms with Crippen LogP contribution in [0.3, 0.4) is 0 Å². The molecule has 0 amide bonds. The van der Waals surface area contributed by atoms with E-state index >= 15 is 0 Å². The highest BCUT2D eigenvalue weighted by Gasteiger charge is 2.53. The lowest BCUT2D eigenvalue weighted by atomic mass is 9.96. The summed E-state index contributed by atoms with van der Waals surface area (Å²) in [6.07, 6.45) is -25.1. The molecule has 16 heteroatoms. The highest BCUT2D eigenvalue weighted by atomic mass is 16.8. The molecule has 0 radical (unpaired) electrons. The van der Waals surface area contributed by atoms with Crippen molar-refractivity contribution < 1.29 is 79.9 Å². The average molecular weight is 504 g/mol. The highest BCUT2D eigenvalue weighted by molar-refractivity contribution is 4.96. The molecule has 0 aromatic rings. The Morgan fingerprint density at radius 2 is 0.853 bits per heavy atom. The van der Waals surface area contributed by atoms with Crippen molar-refractivity contribution in [2.45, 2.75) is 92.1 Å². The second kappa shape index (κ2) is 11.6. The van der Waals surface area contributed by atoms with Gasteiger partial charge in [0.05, 0.1) is 19.8 Å². The van der Waals surface area contributed by atoms with Gasteiger partial charge in [0.2, 0.25) is 0 Å². The molecule has 3 saturated heterocycles. The lowest BCUT2D eigenvalue weighted by Crippen LogP contribution is -2.66. The Morgan fingerprint density at radius 1 is 0.441 bits per heavy atom. The van der Waals surface area contributed by atoms with E-state index in [0.29, 0.717) is 0 Å². The Bertz CT molecular complexity index is 635. The maximum atomic E-state index is 10.6. The molecule has 0 aliphatic carbocycles. The minimum atomic E-state index is -1.91. The van der Waals surface area contributed by atoms with Crippen LogP contribution in [0.15, 0.2) is 0 Å². The molecule has 3 heterocycles. The third-order valence-corrected chi connectivity index (χ3v) is 6.09. The number of hydrogen-bond donors (Lipinski definition) is 11. The van der Waals surface area contributed by atoms with E-state index in [-0.39, 0.29) is 0 Å². The Balaban J connectivity index is 1.72. The van der Waals surface area contributed by atoms with Gasteiger partial charge < -0.3 is 79.9 Å². The Kier molecular flexibility index (Phi) is 9.54. The Hall–Kier alpha value is -0.640. The second-order valence-electron chi connectivity index (χ2n) is 8.33. The summed E-state index contributed by atoms with van der Waals surface area (Å²) in [5.74, 6) is 0. The second-order valence-corrected chi connectivity index (χ2v) is 8.33. The van der Waals surface area contributed by atoms with Crippen molar-refractivity contribution in [3.05, 3.63) is 0 Å². The van der Waals surface area contributed by atoms with E-state index in [1.165, 1.54) is 0 Å². The predicted octanol–water partition coefficient (Wildman–Crippen LogP) is -7.57. The first-order valence-corrected chi connectivity index (χ1v) is 10.6. The molecule has 0 aromatic carbocycles. The number of aliphatic hydroxyl groups is 11. The molecule has 11 N–H and O–H groups in total. The third kappa shape index (κ3) is 5.37. The summed E-state index contributed by atoms with van der Waals surface area (Å²) < 4.78 is 26.4. The minimum Gasteiger partial charge on any atom is -0.394 e. The summed E-state index contributed by atoms with van der Waals surface area (Å²) in [4.78, 5) is 0. The molecule has 0 bridgehead atoms. The summed E-state index contributed by atoms with van der Waals surface area (Å²) in [7, 11) is 0. The third-order valence-electron chi connectivity index (χ3n) is 6.09. The molecule has 3 fully saturated rings. The molecule has 0 spiro atoms. The van der Waals surface area contributed by atoms with E-state index in [1.54, 1.807) is 0 Å². The first kappa shape index (κ1) is 27.9. The van der Waals surface area contributed by atoms with Crippen LogP contribution in [0.4, 0.5) is 0 Å². The topological polar surface area (TPSA) is 269 Å². The number of ether oxygens (including phenoxy) is 5. The van der Waals surface area contributed by atoms with Crippen LogP contribution in [0.2, 0.25) is 0 Å². The molecular weight excluding hydrogens is 472 g/mol. The average Bonchev–Trinajstić information content (AvgIpc) is 2.83. The molecule has 16 nitrogen and oxygen atoms in total. The zero-order valence-electron chi connectivity index (χ0n) is 17.7. The van der Waals surface area contributed by atoms with Gasteiger partial charge in [0.1, 0.15) is 73.2 Å². The normalized spacial score (nSPS) is 52.5. The van der Waals surface area contributed by atoms with Crippen molar-refractivity contribution in [2.75, 3.05) is 19.8 Å². The van der Waals surface area contributed by atoms with Crippen molar-refractivity contribution in [2.24, 2.45) is 0 Å². The van der Waals surface area contributed by atoms with E-state index in [0.717, 1.165) is 0 Å². The molecule has 3 aliphatic rings. The first-order valence-electron chi connectivity index (χ1n) is 10.6.